The van der Waals surface area contributed by atoms with Gasteiger partial charge in [-0.3, -0.25) is 9.88 Å². The lowest BCUT2D eigenvalue weighted by Crippen LogP contribution is -2.21. The van der Waals surface area contributed by atoms with Crippen LogP contribution in [0.2, 0.25) is 0 Å². The monoisotopic (exact) mass is 362 g/mol. The minimum Gasteiger partial charge on any atom is -0.415 e. The minimum atomic E-state index is -2.86. The Hall–Kier alpha value is -2.78. The molecule has 0 radical (unpaired) electrons. The molecule has 0 amide bonds. The van der Waals surface area contributed by atoms with Crippen molar-refractivity contribution >= 4 is 0 Å². The molecular formula is C17H13F3N4O2. The molecular weight excluding hydrogens is 349 g/mol. The molecule has 1 atom stereocenters. The Bertz CT molecular complexity index is 947. The van der Waals surface area contributed by atoms with Crippen LogP contribution < -0.4 is 0 Å². The third-order valence-electron chi connectivity index (χ3n) is 4.19. The van der Waals surface area contributed by atoms with Gasteiger partial charge in [-0.25, -0.2) is 4.39 Å². The van der Waals surface area contributed by atoms with Gasteiger partial charge in [0.05, 0.1) is 11.3 Å². The van der Waals surface area contributed by atoms with Crippen LogP contribution in [-0.2, 0) is 13.1 Å². The molecule has 1 unspecified atom stereocenters. The molecule has 4 rings (SSSR count). The van der Waals surface area contributed by atoms with Crippen LogP contribution in [0.25, 0.3) is 11.5 Å². The molecule has 3 aromatic rings. The number of hydrogen-bond acceptors (Lipinski definition) is 6. The number of fused-ring (bicyclic) bond motifs is 1. The number of halogens is 3. The van der Waals surface area contributed by atoms with Gasteiger partial charge < -0.3 is 9.52 Å². The number of aliphatic hydroxyl groups is 1. The summed E-state index contributed by atoms with van der Waals surface area (Å²) in [5, 5.41) is 17.4. The summed E-state index contributed by atoms with van der Waals surface area (Å²) >= 11 is 0. The molecule has 2 aromatic heterocycles. The van der Waals surface area contributed by atoms with Crippen LogP contribution in [0.4, 0.5) is 13.2 Å². The summed E-state index contributed by atoms with van der Waals surface area (Å²) in [7, 11) is 0. The standard InChI is InChI=1S/C17H13F3N4O2/c18-12-4-2-1-3-9(12)7-24-8-13-11(17(24)25)5-10(6-21-13)15-22-23-16(26-15)14(19)20/h1-6,14,17,25H,7-8H2. The summed E-state index contributed by atoms with van der Waals surface area (Å²) in [5.74, 6) is -1.23. The van der Waals surface area contributed by atoms with Crippen LogP contribution >= 0.6 is 0 Å². The number of alkyl halides is 2. The lowest BCUT2D eigenvalue weighted by molar-refractivity contribution is 0.00696. The van der Waals surface area contributed by atoms with Crippen molar-refractivity contribution in [1.82, 2.24) is 20.1 Å². The summed E-state index contributed by atoms with van der Waals surface area (Å²) in [6.07, 6.45) is -2.45. The zero-order valence-corrected chi connectivity index (χ0v) is 13.3. The zero-order chi connectivity index (χ0) is 18.3. The molecule has 0 bridgehead atoms. The van der Waals surface area contributed by atoms with E-state index >= 15 is 0 Å². The highest BCUT2D eigenvalue weighted by Crippen LogP contribution is 2.34. The number of aliphatic hydroxyl groups excluding tert-OH is 1. The van der Waals surface area contributed by atoms with Crippen LogP contribution in [0.3, 0.4) is 0 Å². The van der Waals surface area contributed by atoms with Crippen molar-refractivity contribution in [2.24, 2.45) is 0 Å². The van der Waals surface area contributed by atoms with Gasteiger partial charge in [0.25, 0.3) is 5.89 Å². The Morgan fingerprint density at radius 3 is 2.81 bits per heavy atom. The predicted octanol–water partition coefficient (Wildman–Crippen LogP) is 3.22. The van der Waals surface area contributed by atoms with Crippen molar-refractivity contribution in [3.05, 3.63) is 65.1 Å². The van der Waals surface area contributed by atoms with Crippen molar-refractivity contribution in [1.29, 1.82) is 0 Å². The van der Waals surface area contributed by atoms with Gasteiger partial charge in [0.2, 0.25) is 5.89 Å². The molecule has 1 aromatic carbocycles. The highest BCUT2D eigenvalue weighted by atomic mass is 19.3. The van der Waals surface area contributed by atoms with Crippen LogP contribution in [-0.4, -0.2) is 25.2 Å². The summed E-state index contributed by atoms with van der Waals surface area (Å²) in [5.41, 5.74) is 1.90. The average molecular weight is 362 g/mol. The second kappa shape index (κ2) is 6.50. The predicted molar refractivity (Wildman–Crippen MR) is 83.1 cm³/mol. The zero-order valence-electron chi connectivity index (χ0n) is 13.3. The van der Waals surface area contributed by atoms with E-state index in [1.807, 2.05) is 0 Å². The third-order valence-corrected chi connectivity index (χ3v) is 4.19. The fourth-order valence-electron chi connectivity index (χ4n) is 2.89. The summed E-state index contributed by atoms with van der Waals surface area (Å²) in [6.45, 7) is 0.535. The van der Waals surface area contributed by atoms with Crippen molar-refractivity contribution in [3.8, 4) is 11.5 Å². The van der Waals surface area contributed by atoms with Crippen LogP contribution in [0.1, 0.15) is 35.4 Å². The van der Waals surface area contributed by atoms with Gasteiger partial charge in [-0.1, -0.05) is 18.2 Å². The molecule has 0 saturated carbocycles. The first-order valence-corrected chi connectivity index (χ1v) is 7.79. The fraction of sp³-hybridized carbons (Fsp3) is 0.235. The van der Waals surface area contributed by atoms with E-state index in [-0.39, 0.29) is 18.3 Å². The van der Waals surface area contributed by atoms with Gasteiger partial charge in [-0.2, -0.15) is 8.78 Å². The molecule has 1 aliphatic heterocycles. The normalized spacial score (nSPS) is 17.0. The van der Waals surface area contributed by atoms with E-state index in [1.165, 1.54) is 12.3 Å². The highest BCUT2D eigenvalue weighted by molar-refractivity contribution is 5.54. The largest absolute Gasteiger partial charge is 0.415 e. The second-order valence-corrected chi connectivity index (χ2v) is 5.88. The van der Waals surface area contributed by atoms with E-state index < -0.39 is 18.5 Å². The Labute approximate surface area is 145 Å². The number of rotatable bonds is 4. The molecule has 0 fully saturated rings. The fourth-order valence-corrected chi connectivity index (χ4v) is 2.89. The molecule has 0 aliphatic carbocycles. The SMILES string of the molecule is OC1c2cc(-c3nnc(C(F)F)o3)cnc2CN1Cc1ccccc1F. The van der Waals surface area contributed by atoms with E-state index in [4.69, 9.17) is 4.42 Å². The first-order valence-electron chi connectivity index (χ1n) is 7.79. The Morgan fingerprint density at radius 1 is 1.27 bits per heavy atom. The molecule has 1 N–H and O–H groups in total. The van der Waals surface area contributed by atoms with Crippen molar-refractivity contribution in [2.45, 2.75) is 25.7 Å². The number of hydrogen-bond donors (Lipinski definition) is 1. The summed E-state index contributed by atoms with van der Waals surface area (Å²) in [4.78, 5) is 5.89. The summed E-state index contributed by atoms with van der Waals surface area (Å²) in [6, 6.07) is 7.89. The van der Waals surface area contributed by atoms with Gasteiger partial charge in [0.15, 0.2) is 0 Å². The van der Waals surface area contributed by atoms with Gasteiger partial charge in [-0.05, 0) is 12.1 Å². The maximum atomic E-state index is 13.8. The second-order valence-electron chi connectivity index (χ2n) is 5.88. The third kappa shape index (κ3) is 2.95. The van der Waals surface area contributed by atoms with Gasteiger partial charge in [0.1, 0.15) is 12.0 Å². The lowest BCUT2D eigenvalue weighted by Gasteiger charge is -2.20. The first-order chi connectivity index (χ1) is 12.5. The maximum absolute atomic E-state index is 13.8. The smallest absolute Gasteiger partial charge is 0.314 e. The van der Waals surface area contributed by atoms with Crippen molar-refractivity contribution in [2.75, 3.05) is 0 Å². The topological polar surface area (TPSA) is 75.3 Å². The molecule has 6 nitrogen and oxygen atoms in total. The maximum Gasteiger partial charge on any atom is 0.314 e. The number of benzene rings is 1. The number of pyridine rings is 1. The van der Waals surface area contributed by atoms with E-state index in [0.717, 1.165) is 0 Å². The van der Waals surface area contributed by atoms with Crippen molar-refractivity contribution < 1.29 is 22.7 Å². The first kappa shape index (κ1) is 16.7. The van der Waals surface area contributed by atoms with E-state index in [1.54, 1.807) is 29.2 Å². The van der Waals surface area contributed by atoms with Gasteiger partial charge in [-0.15, -0.1) is 10.2 Å². The van der Waals surface area contributed by atoms with E-state index in [9.17, 15) is 18.3 Å². The van der Waals surface area contributed by atoms with Crippen LogP contribution in [0.5, 0.6) is 0 Å². The quantitative estimate of drug-likeness (QED) is 0.768. The molecule has 3 heterocycles. The molecule has 134 valence electrons. The van der Waals surface area contributed by atoms with Crippen molar-refractivity contribution in [3.63, 3.8) is 0 Å². The summed E-state index contributed by atoms with van der Waals surface area (Å²) < 4.78 is 43.9. The molecule has 0 spiro atoms. The minimum absolute atomic E-state index is 0.102. The number of nitrogens with zero attached hydrogens (tertiary/aromatic N) is 4. The van der Waals surface area contributed by atoms with Gasteiger partial charge >= 0.3 is 6.43 Å². The Morgan fingerprint density at radius 2 is 2.08 bits per heavy atom. The van der Waals surface area contributed by atoms with E-state index in [2.05, 4.69) is 15.2 Å². The number of aromatic nitrogens is 3. The lowest BCUT2D eigenvalue weighted by atomic mass is 10.1. The Balaban J connectivity index is 1.58. The van der Waals surface area contributed by atoms with Crippen LogP contribution in [0, 0.1) is 5.82 Å². The average Bonchev–Trinajstić information content (AvgIpc) is 3.23. The van der Waals surface area contributed by atoms with E-state index in [0.29, 0.717) is 28.9 Å². The van der Waals surface area contributed by atoms with Crippen LogP contribution in [0.15, 0.2) is 40.9 Å². The highest BCUT2D eigenvalue weighted by Gasteiger charge is 2.31. The molecule has 26 heavy (non-hydrogen) atoms. The Kier molecular flexibility index (Phi) is 4.17. The molecule has 0 saturated heterocycles. The molecule has 1 aliphatic rings. The molecule has 9 heteroatoms. The van der Waals surface area contributed by atoms with Gasteiger partial charge in [0, 0.05) is 30.4 Å².